The summed E-state index contributed by atoms with van der Waals surface area (Å²) in [6.45, 7) is 0. The lowest BCUT2D eigenvalue weighted by molar-refractivity contribution is -0.0958. The molecule has 1 heterocycles. The zero-order valence-electron chi connectivity index (χ0n) is 17.7. The van der Waals surface area contributed by atoms with Crippen LogP contribution in [0.25, 0.3) is 0 Å². The molecule has 2 saturated carbocycles. The third-order valence-corrected chi connectivity index (χ3v) is 7.97. The maximum Gasteiger partial charge on any atom is 0.187 e. The molecule has 3 aliphatic rings. The Morgan fingerprint density at radius 2 is 1.53 bits per heavy atom. The molecule has 5 rings (SSSR count). The summed E-state index contributed by atoms with van der Waals surface area (Å²) in [5.41, 5.74) is -0.383. The quantitative estimate of drug-likeness (QED) is 0.382. The van der Waals surface area contributed by atoms with E-state index in [0.717, 1.165) is 56.9 Å². The highest BCUT2D eigenvalue weighted by Crippen LogP contribution is 2.66. The van der Waals surface area contributed by atoms with Crippen molar-refractivity contribution in [3.8, 4) is 23.0 Å². The van der Waals surface area contributed by atoms with Crippen LogP contribution in [0.5, 0.6) is 23.0 Å². The van der Waals surface area contributed by atoms with Crippen molar-refractivity contribution < 1.29 is 20.1 Å². The monoisotopic (exact) mass is 438 g/mol. The van der Waals surface area contributed by atoms with E-state index in [1.165, 1.54) is 6.07 Å². The van der Waals surface area contributed by atoms with Crippen LogP contribution in [0.4, 0.5) is 11.4 Å². The van der Waals surface area contributed by atoms with Crippen LogP contribution in [0, 0.1) is 15.7 Å². The number of nitrogens with zero attached hydrogens (tertiary/aromatic N) is 2. The highest BCUT2D eigenvalue weighted by molar-refractivity contribution is 5.68. The first kappa shape index (κ1) is 20.7. The van der Waals surface area contributed by atoms with Gasteiger partial charge >= 0.3 is 0 Å². The molecule has 2 aromatic rings. The highest BCUT2D eigenvalue weighted by atomic mass is 16.5. The SMILES string of the molecule is O=Nc1ccc2c(c1O)OC1(c3ccc(O)c(O)c3N=O)CCCCC1C21CCCCC1. The van der Waals surface area contributed by atoms with Crippen LogP contribution in [-0.4, -0.2) is 15.3 Å². The zero-order chi connectivity index (χ0) is 22.5. The molecule has 0 bridgehead atoms. The standard InChI is InChI=1S/C24H26N2O6/c27-17-10-8-14(19(26-31)21(17)29)24-13-5-2-6-18(24)23(11-3-1-4-12-23)15-7-9-16(25-30)20(28)22(15)32-24/h7-10,18,27-29H,1-6,11-13H2. The molecule has 2 aliphatic carbocycles. The number of phenols is 3. The fraction of sp³-hybridized carbons (Fsp3) is 0.500. The first-order chi connectivity index (χ1) is 15.5. The molecule has 2 atom stereocenters. The summed E-state index contributed by atoms with van der Waals surface area (Å²) in [6, 6.07) is 6.32. The summed E-state index contributed by atoms with van der Waals surface area (Å²) in [4.78, 5) is 23.1. The van der Waals surface area contributed by atoms with E-state index in [4.69, 9.17) is 4.74 Å². The second-order valence-corrected chi connectivity index (χ2v) is 9.33. The van der Waals surface area contributed by atoms with E-state index in [1.807, 2.05) is 6.07 Å². The minimum Gasteiger partial charge on any atom is -0.504 e. The fourth-order valence-corrected chi connectivity index (χ4v) is 6.67. The summed E-state index contributed by atoms with van der Waals surface area (Å²) < 4.78 is 6.61. The third kappa shape index (κ3) is 2.68. The first-order valence-electron chi connectivity index (χ1n) is 11.3. The molecule has 32 heavy (non-hydrogen) atoms. The minimum atomic E-state index is -1.03. The molecule has 2 unspecified atom stereocenters. The van der Waals surface area contributed by atoms with Gasteiger partial charge in [0, 0.05) is 22.5 Å². The van der Waals surface area contributed by atoms with Gasteiger partial charge < -0.3 is 20.1 Å². The number of fused-ring (bicyclic) bond motifs is 4. The Morgan fingerprint density at radius 1 is 0.812 bits per heavy atom. The summed E-state index contributed by atoms with van der Waals surface area (Å²) in [6.07, 6.45) is 8.22. The molecule has 2 aromatic carbocycles. The van der Waals surface area contributed by atoms with Crippen LogP contribution >= 0.6 is 0 Å². The van der Waals surface area contributed by atoms with Gasteiger partial charge in [-0.3, -0.25) is 0 Å². The molecule has 8 nitrogen and oxygen atoms in total. The Labute approximate surface area is 185 Å². The molecule has 1 aliphatic heterocycles. The maximum absolute atomic E-state index is 11.8. The second-order valence-electron chi connectivity index (χ2n) is 9.33. The Balaban J connectivity index is 1.83. The molecule has 2 fully saturated rings. The van der Waals surface area contributed by atoms with E-state index in [0.29, 0.717) is 12.0 Å². The smallest absolute Gasteiger partial charge is 0.187 e. The summed E-state index contributed by atoms with van der Waals surface area (Å²) in [5, 5.41) is 37.4. The van der Waals surface area contributed by atoms with Crippen molar-refractivity contribution in [2.75, 3.05) is 0 Å². The number of hydrogen-bond acceptors (Lipinski definition) is 8. The highest BCUT2D eigenvalue weighted by Gasteiger charge is 2.60. The topological polar surface area (TPSA) is 129 Å². The van der Waals surface area contributed by atoms with Crippen LogP contribution in [0.1, 0.15) is 68.9 Å². The summed E-state index contributed by atoms with van der Waals surface area (Å²) in [7, 11) is 0. The average molecular weight is 438 g/mol. The van der Waals surface area contributed by atoms with Crippen LogP contribution < -0.4 is 4.74 Å². The van der Waals surface area contributed by atoms with Crippen LogP contribution in [0.15, 0.2) is 34.6 Å². The van der Waals surface area contributed by atoms with Gasteiger partial charge in [-0.1, -0.05) is 31.7 Å². The molecule has 168 valence electrons. The van der Waals surface area contributed by atoms with E-state index in [2.05, 4.69) is 10.4 Å². The summed E-state index contributed by atoms with van der Waals surface area (Å²) in [5.74, 6) is -1.08. The lowest BCUT2D eigenvalue weighted by atomic mass is 9.51. The molecule has 0 aromatic heterocycles. The molecule has 0 amide bonds. The van der Waals surface area contributed by atoms with Gasteiger partial charge in [-0.25, -0.2) is 0 Å². The van der Waals surface area contributed by atoms with Crippen LogP contribution in [0.3, 0.4) is 0 Å². The number of benzene rings is 2. The number of phenolic OH excluding ortho intramolecular Hbond substituents is 3. The summed E-state index contributed by atoms with van der Waals surface area (Å²) >= 11 is 0. The van der Waals surface area contributed by atoms with Crippen molar-refractivity contribution in [2.24, 2.45) is 16.3 Å². The van der Waals surface area contributed by atoms with Crippen molar-refractivity contribution >= 4 is 11.4 Å². The first-order valence-corrected chi connectivity index (χ1v) is 11.3. The molecule has 8 heteroatoms. The van der Waals surface area contributed by atoms with Crippen molar-refractivity contribution in [2.45, 2.75) is 68.8 Å². The van der Waals surface area contributed by atoms with Gasteiger partial charge in [0.05, 0.1) is 0 Å². The number of hydrogen-bond donors (Lipinski definition) is 3. The lowest BCUT2D eigenvalue weighted by Gasteiger charge is -2.58. The predicted molar refractivity (Wildman–Crippen MR) is 118 cm³/mol. The van der Waals surface area contributed by atoms with Crippen molar-refractivity contribution in [3.63, 3.8) is 0 Å². The van der Waals surface area contributed by atoms with Crippen LogP contribution in [0.2, 0.25) is 0 Å². The maximum atomic E-state index is 11.8. The van der Waals surface area contributed by atoms with Crippen molar-refractivity contribution in [3.05, 3.63) is 45.2 Å². The average Bonchev–Trinajstić information content (AvgIpc) is 2.82. The molecular formula is C24H26N2O6. The molecule has 0 saturated heterocycles. The Bertz CT molecular complexity index is 1090. The lowest BCUT2D eigenvalue weighted by Crippen LogP contribution is -2.57. The van der Waals surface area contributed by atoms with Gasteiger partial charge in [0.1, 0.15) is 5.60 Å². The van der Waals surface area contributed by atoms with E-state index in [9.17, 15) is 25.1 Å². The fourth-order valence-electron chi connectivity index (χ4n) is 6.67. The van der Waals surface area contributed by atoms with E-state index in [1.54, 1.807) is 12.1 Å². The minimum absolute atomic E-state index is 0.0181. The molecular weight excluding hydrogens is 412 g/mol. The predicted octanol–water partition coefficient (Wildman–Crippen LogP) is 6.28. The van der Waals surface area contributed by atoms with E-state index < -0.39 is 17.1 Å². The zero-order valence-corrected chi connectivity index (χ0v) is 17.7. The number of nitroso groups, excluding NO2 is 2. The number of aromatic hydroxyl groups is 3. The molecule has 3 N–H and O–H groups in total. The van der Waals surface area contributed by atoms with E-state index >= 15 is 0 Å². The number of rotatable bonds is 3. The van der Waals surface area contributed by atoms with Gasteiger partial charge in [-0.2, -0.15) is 0 Å². The molecule has 0 radical (unpaired) electrons. The van der Waals surface area contributed by atoms with Crippen molar-refractivity contribution in [1.82, 2.24) is 0 Å². The van der Waals surface area contributed by atoms with Crippen molar-refractivity contribution in [1.29, 1.82) is 0 Å². The van der Waals surface area contributed by atoms with Gasteiger partial charge in [-0.05, 0) is 60.7 Å². The van der Waals surface area contributed by atoms with Crippen LogP contribution in [-0.2, 0) is 11.0 Å². The largest absolute Gasteiger partial charge is 0.504 e. The Hall–Kier alpha value is -3.16. The second kappa shape index (κ2) is 7.46. The number of ether oxygens (including phenoxy) is 1. The molecule has 1 spiro atoms. The Kier molecular flexibility index (Phi) is 4.83. The Morgan fingerprint density at radius 3 is 2.25 bits per heavy atom. The van der Waals surface area contributed by atoms with E-state index in [-0.39, 0.29) is 34.2 Å². The van der Waals surface area contributed by atoms with Gasteiger partial charge in [-0.15, -0.1) is 9.81 Å². The normalized spacial score (nSPS) is 25.9. The van der Waals surface area contributed by atoms with Gasteiger partial charge in [0.15, 0.2) is 34.4 Å². The van der Waals surface area contributed by atoms with Gasteiger partial charge in [0.2, 0.25) is 0 Å². The third-order valence-electron chi connectivity index (χ3n) is 7.97. The van der Waals surface area contributed by atoms with Gasteiger partial charge in [0.25, 0.3) is 0 Å².